The van der Waals surface area contributed by atoms with Crippen molar-refractivity contribution in [1.82, 2.24) is 5.43 Å². The van der Waals surface area contributed by atoms with Gasteiger partial charge in [-0.05, 0) is 47.1 Å². The third-order valence-corrected chi connectivity index (χ3v) is 3.70. The summed E-state index contributed by atoms with van der Waals surface area (Å²) in [4.78, 5) is 23.6. The van der Waals surface area contributed by atoms with Crippen molar-refractivity contribution in [3.05, 3.63) is 59.1 Å². The molecule has 2 amide bonds. The van der Waals surface area contributed by atoms with Crippen molar-refractivity contribution in [3.8, 4) is 5.75 Å². The van der Waals surface area contributed by atoms with Crippen molar-refractivity contribution in [2.24, 2.45) is 5.10 Å². The molecule has 2 N–H and O–H groups in total. The molecule has 0 atom stereocenters. The van der Waals surface area contributed by atoms with E-state index >= 15 is 0 Å². The first-order chi connectivity index (χ1) is 12.0. The zero-order chi connectivity index (χ0) is 18.1. The summed E-state index contributed by atoms with van der Waals surface area (Å²) in [6, 6.07) is 16.4. The maximum Gasteiger partial charge on any atom is 0.277 e. The van der Waals surface area contributed by atoms with E-state index in [0.29, 0.717) is 17.1 Å². The number of ether oxygens (including phenoxy) is 1. The monoisotopic (exact) mass is 403 g/mol. The van der Waals surface area contributed by atoms with Crippen LogP contribution in [0.15, 0.2) is 64.2 Å². The van der Waals surface area contributed by atoms with E-state index in [0.717, 1.165) is 4.47 Å². The molecule has 25 heavy (non-hydrogen) atoms. The third kappa shape index (κ3) is 6.76. The maximum absolute atomic E-state index is 11.9. The number of carbonyl (C=O) groups excluding carboxylic acids is 2. The van der Waals surface area contributed by atoms with Gasteiger partial charge in [0.1, 0.15) is 5.75 Å². The lowest BCUT2D eigenvalue weighted by Gasteiger charge is -2.07. The van der Waals surface area contributed by atoms with Gasteiger partial charge in [0.2, 0.25) is 5.91 Å². The summed E-state index contributed by atoms with van der Waals surface area (Å²) in [6.45, 7) is 1.50. The van der Waals surface area contributed by atoms with Crippen LogP contribution in [0.25, 0.3) is 0 Å². The summed E-state index contributed by atoms with van der Waals surface area (Å²) in [6.07, 6.45) is 0.0836. The highest BCUT2D eigenvalue weighted by Crippen LogP contribution is 2.23. The number of halogens is 1. The van der Waals surface area contributed by atoms with Crippen molar-refractivity contribution in [2.75, 3.05) is 11.9 Å². The van der Waals surface area contributed by atoms with Crippen LogP contribution in [0.1, 0.15) is 13.3 Å². The minimum absolute atomic E-state index is 0.0836. The Balaban J connectivity index is 1.75. The average molecular weight is 404 g/mol. The van der Waals surface area contributed by atoms with Gasteiger partial charge in [-0.3, -0.25) is 9.59 Å². The van der Waals surface area contributed by atoms with Gasteiger partial charge in [0.25, 0.3) is 5.91 Å². The SMILES string of the molecule is CC(CC(=O)Nc1ccccc1)=NNC(=O)COc1ccccc1Br. The molecule has 0 aliphatic rings. The molecule has 0 aromatic heterocycles. The van der Waals surface area contributed by atoms with Crippen LogP contribution in [0.3, 0.4) is 0 Å². The minimum Gasteiger partial charge on any atom is -0.483 e. The molecule has 0 heterocycles. The van der Waals surface area contributed by atoms with Gasteiger partial charge < -0.3 is 10.1 Å². The van der Waals surface area contributed by atoms with Gasteiger partial charge >= 0.3 is 0 Å². The van der Waals surface area contributed by atoms with E-state index in [1.165, 1.54) is 0 Å². The molecule has 2 aromatic carbocycles. The normalized spacial score (nSPS) is 10.9. The highest BCUT2D eigenvalue weighted by molar-refractivity contribution is 9.10. The summed E-state index contributed by atoms with van der Waals surface area (Å²) in [5, 5.41) is 6.66. The van der Waals surface area contributed by atoms with E-state index in [1.54, 1.807) is 25.1 Å². The molecule has 0 unspecified atom stereocenters. The summed E-state index contributed by atoms with van der Waals surface area (Å²) in [7, 11) is 0. The smallest absolute Gasteiger partial charge is 0.277 e. The number of nitrogens with one attached hydrogen (secondary N) is 2. The number of carbonyl (C=O) groups is 2. The van der Waals surface area contributed by atoms with Gasteiger partial charge in [-0.1, -0.05) is 30.3 Å². The molecule has 0 radical (unpaired) electrons. The zero-order valence-electron chi connectivity index (χ0n) is 13.7. The average Bonchev–Trinajstić information content (AvgIpc) is 2.60. The number of hydrogen-bond donors (Lipinski definition) is 2. The summed E-state index contributed by atoms with van der Waals surface area (Å²) < 4.78 is 6.15. The van der Waals surface area contributed by atoms with E-state index in [4.69, 9.17) is 4.74 Å². The molecule has 0 spiro atoms. The fourth-order valence-corrected chi connectivity index (χ4v) is 2.29. The van der Waals surface area contributed by atoms with Crippen LogP contribution < -0.4 is 15.5 Å². The Bertz CT molecular complexity index is 763. The second-order valence-electron chi connectivity index (χ2n) is 5.19. The van der Waals surface area contributed by atoms with E-state index < -0.39 is 5.91 Å². The Morgan fingerprint density at radius 2 is 1.72 bits per heavy atom. The van der Waals surface area contributed by atoms with Gasteiger partial charge in [0, 0.05) is 11.4 Å². The first-order valence-corrected chi connectivity index (χ1v) is 8.38. The van der Waals surface area contributed by atoms with Gasteiger partial charge in [0.05, 0.1) is 10.9 Å². The van der Waals surface area contributed by atoms with Crippen molar-refractivity contribution >= 4 is 39.1 Å². The topological polar surface area (TPSA) is 79.8 Å². The molecule has 6 nitrogen and oxygen atoms in total. The zero-order valence-corrected chi connectivity index (χ0v) is 15.2. The minimum atomic E-state index is -0.404. The molecule has 130 valence electrons. The molecule has 0 bridgehead atoms. The van der Waals surface area contributed by atoms with E-state index in [1.807, 2.05) is 36.4 Å². The number of hydrazone groups is 1. The third-order valence-electron chi connectivity index (χ3n) is 3.04. The number of hydrogen-bond acceptors (Lipinski definition) is 4. The maximum atomic E-state index is 11.9. The Hall–Kier alpha value is -2.67. The van der Waals surface area contributed by atoms with Crippen LogP contribution in [0.4, 0.5) is 5.69 Å². The number of anilines is 1. The Kier molecular flexibility index (Phi) is 7.16. The Morgan fingerprint density at radius 3 is 2.44 bits per heavy atom. The van der Waals surface area contributed by atoms with Crippen molar-refractivity contribution in [2.45, 2.75) is 13.3 Å². The van der Waals surface area contributed by atoms with Gasteiger partial charge in [0.15, 0.2) is 6.61 Å². The predicted molar refractivity (Wildman–Crippen MR) is 101 cm³/mol. The summed E-state index contributed by atoms with van der Waals surface area (Å²) in [5.74, 6) is -0.0367. The van der Waals surface area contributed by atoms with Crippen molar-refractivity contribution in [3.63, 3.8) is 0 Å². The molecule has 2 rings (SSSR count). The number of para-hydroxylation sites is 2. The van der Waals surface area contributed by atoms with Crippen molar-refractivity contribution in [1.29, 1.82) is 0 Å². The molecule has 2 aromatic rings. The standard InChI is InChI=1S/C18H18BrN3O3/c1-13(11-17(23)20-14-7-3-2-4-8-14)21-22-18(24)12-25-16-10-6-5-9-15(16)19/h2-10H,11-12H2,1H3,(H,20,23)(H,22,24). The van der Waals surface area contributed by atoms with Crippen LogP contribution in [0.2, 0.25) is 0 Å². The molecular weight excluding hydrogens is 386 g/mol. The molecule has 7 heteroatoms. The van der Waals surface area contributed by atoms with Crippen LogP contribution >= 0.6 is 15.9 Å². The quantitative estimate of drug-likeness (QED) is 0.549. The number of nitrogens with zero attached hydrogens (tertiary/aromatic N) is 1. The fraction of sp³-hybridized carbons (Fsp3) is 0.167. The van der Waals surface area contributed by atoms with Crippen LogP contribution in [0.5, 0.6) is 5.75 Å². The predicted octanol–water partition coefficient (Wildman–Crippen LogP) is 3.35. The van der Waals surface area contributed by atoms with E-state index in [9.17, 15) is 9.59 Å². The second-order valence-corrected chi connectivity index (χ2v) is 6.05. The number of amides is 2. The lowest BCUT2D eigenvalue weighted by Crippen LogP contribution is -2.26. The molecule has 0 aliphatic carbocycles. The molecule has 0 aliphatic heterocycles. The lowest BCUT2D eigenvalue weighted by molar-refractivity contribution is -0.123. The summed E-state index contributed by atoms with van der Waals surface area (Å²) in [5.41, 5.74) is 3.57. The largest absolute Gasteiger partial charge is 0.483 e. The van der Waals surface area contributed by atoms with Gasteiger partial charge in [-0.2, -0.15) is 5.10 Å². The second kappa shape index (κ2) is 9.58. The molecule has 0 saturated heterocycles. The van der Waals surface area contributed by atoms with E-state index in [2.05, 4.69) is 31.8 Å². The number of rotatable bonds is 7. The molecule has 0 fully saturated rings. The molecule has 0 saturated carbocycles. The fourth-order valence-electron chi connectivity index (χ4n) is 1.89. The Morgan fingerprint density at radius 1 is 1.04 bits per heavy atom. The highest BCUT2D eigenvalue weighted by Gasteiger charge is 2.07. The highest BCUT2D eigenvalue weighted by atomic mass is 79.9. The number of benzene rings is 2. The van der Waals surface area contributed by atoms with Crippen molar-refractivity contribution < 1.29 is 14.3 Å². The Labute approximate surface area is 154 Å². The lowest BCUT2D eigenvalue weighted by atomic mass is 10.2. The summed E-state index contributed by atoms with van der Waals surface area (Å²) >= 11 is 3.33. The van der Waals surface area contributed by atoms with E-state index in [-0.39, 0.29) is 18.9 Å². The van der Waals surface area contributed by atoms with Crippen LogP contribution in [-0.2, 0) is 9.59 Å². The first kappa shape index (κ1) is 18.7. The van der Waals surface area contributed by atoms with Gasteiger partial charge in [-0.15, -0.1) is 0 Å². The van der Waals surface area contributed by atoms with Crippen LogP contribution in [-0.4, -0.2) is 24.1 Å². The van der Waals surface area contributed by atoms with Gasteiger partial charge in [-0.25, -0.2) is 5.43 Å². The molecular formula is C18H18BrN3O3. The first-order valence-electron chi connectivity index (χ1n) is 7.59. The van der Waals surface area contributed by atoms with Crippen LogP contribution in [0, 0.1) is 0 Å².